The van der Waals surface area contributed by atoms with Crippen molar-refractivity contribution in [3.63, 3.8) is 0 Å². The van der Waals surface area contributed by atoms with Gasteiger partial charge in [-0.25, -0.2) is 0 Å². The second-order valence-electron chi connectivity index (χ2n) is 2.69. The first kappa shape index (κ1) is 12.0. The molecule has 13 heavy (non-hydrogen) atoms. The van der Waals surface area contributed by atoms with Crippen LogP contribution in [0.25, 0.3) is 0 Å². The van der Waals surface area contributed by atoms with Crippen LogP contribution < -0.4 is 5.73 Å². The van der Waals surface area contributed by atoms with E-state index in [0.29, 0.717) is 0 Å². The van der Waals surface area contributed by atoms with E-state index in [2.05, 4.69) is 5.16 Å². The van der Waals surface area contributed by atoms with Gasteiger partial charge in [0.25, 0.3) is 0 Å². The van der Waals surface area contributed by atoms with Crippen LogP contribution in [-0.2, 0) is 0 Å². The maximum atomic E-state index is 11.8. The van der Waals surface area contributed by atoms with E-state index in [-0.39, 0.29) is 18.8 Å². The Labute approximate surface area is 73.8 Å². The summed E-state index contributed by atoms with van der Waals surface area (Å²) < 4.78 is 35.3. The molecule has 0 amide bonds. The molecule has 0 aromatic heterocycles. The van der Waals surface area contributed by atoms with Crippen molar-refractivity contribution in [2.24, 2.45) is 10.9 Å². The van der Waals surface area contributed by atoms with Crippen molar-refractivity contribution in [2.75, 3.05) is 20.1 Å². The van der Waals surface area contributed by atoms with Gasteiger partial charge in [-0.05, 0) is 7.05 Å². The van der Waals surface area contributed by atoms with Crippen molar-refractivity contribution in [2.45, 2.75) is 12.6 Å². The van der Waals surface area contributed by atoms with Crippen LogP contribution in [0, 0.1) is 0 Å². The Morgan fingerprint density at radius 2 is 2.08 bits per heavy atom. The fourth-order valence-corrected chi connectivity index (χ4v) is 0.741. The normalized spacial score (nSPS) is 13.8. The third-order valence-electron chi connectivity index (χ3n) is 1.33. The number of oxime groups is 1. The van der Waals surface area contributed by atoms with Crippen LogP contribution in [0.15, 0.2) is 5.16 Å². The van der Waals surface area contributed by atoms with Crippen LogP contribution >= 0.6 is 0 Å². The molecule has 0 radical (unpaired) electrons. The van der Waals surface area contributed by atoms with Crippen molar-refractivity contribution in [3.8, 4) is 0 Å². The molecule has 0 aromatic carbocycles. The molecule has 7 heteroatoms. The maximum Gasteiger partial charge on any atom is 0.401 e. The topological polar surface area (TPSA) is 61.8 Å². The molecule has 0 aliphatic rings. The van der Waals surface area contributed by atoms with E-state index in [1.54, 1.807) is 0 Å². The molecule has 4 nitrogen and oxygen atoms in total. The highest BCUT2D eigenvalue weighted by Crippen LogP contribution is 2.15. The van der Waals surface area contributed by atoms with Crippen LogP contribution in [0.4, 0.5) is 13.2 Å². The minimum Gasteiger partial charge on any atom is -0.409 e. The van der Waals surface area contributed by atoms with Crippen molar-refractivity contribution >= 4 is 5.84 Å². The molecule has 0 saturated heterocycles. The van der Waals surface area contributed by atoms with Crippen LogP contribution in [0.1, 0.15) is 6.42 Å². The van der Waals surface area contributed by atoms with Gasteiger partial charge in [0.1, 0.15) is 5.84 Å². The Kier molecular flexibility index (Phi) is 4.53. The lowest BCUT2D eigenvalue weighted by Gasteiger charge is -2.17. The van der Waals surface area contributed by atoms with Gasteiger partial charge in [0.05, 0.1) is 6.54 Å². The van der Waals surface area contributed by atoms with E-state index >= 15 is 0 Å². The number of nitrogens with zero attached hydrogens (tertiary/aromatic N) is 2. The van der Waals surface area contributed by atoms with Gasteiger partial charge in [-0.3, -0.25) is 4.90 Å². The molecule has 0 spiro atoms. The second kappa shape index (κ2) is 4.90. The molecule has 0 saturated carbocycles. The molecule has 78 valence electrons. The third-order valence-corrected chi connectivity index (χ3v) is 1.33. The summed E-state index contributed by atoms with van der Waals surface area (Å²) in [5, 5.41) is 10.7. The van der Waals surface area contributed by atoms with Gasteiger partial charge in [-0.15, -0.1) is 0 Å². The molecule has 0 rings (SSSR count). The Balaban J connectivity index is 3.70. The molecule has 0 bridgehead atoms. The largest absolute Gasteiger partial charge is 0.409 e. The van der Waals surface area contributed by atoms with Gasteiger partial charge in [0, 0.05) is 13.0 Å². The highest BCUT2D eigenvalue weighted by atomic mass is 19.4. The lowest BCUT2D eigenvalue weighted by Crippen LogP contribution is -2.33. The molecule has 0 aliphatic heterocycles. The average molecular weight is 199 g/mol. The van der Waals surface area contributed by atoms with E-state index in [1.165, 1.54) is 7.05 Å². The summed E-state index contributed by atoms with van der Waals surface area (Å²) in [5.41, 5.74) is 5.08. The number of nitrogens with two attached hydrogens (primary N) is 1. The SMILES string of the molecule is CN(CC/C(N)=N/O)CC(F)(F)F. The van der Waals surface area contributed by atoms with Gasteiger partial charge < -0.3 is 10.9 Å². The Hall–Kier alpha value is -0.980. The minimum atomic E-state index is -4.21. The lowest BCUT2D eigenvalue weighted by molar-refractivity contribution is -0.142. The van der Waals surface area contributed by atoms with Crippen LogP contribution in [0.3, 0.4) is 0 Å². The summed E-state index contributed by atoms with van der Waals surface area (Å²) in [6, 6.07) is 0. The Bertz CT molecular complexity index is 180. The van der Waals surface area contributed by atoms with E-state index in [0.717, 1.165) is 4.90 Å². The summed E-state index contributed by atoms with van der Waals surface area (Å²) in [6.45, 7) is -0.888. The van der Waals surface area contributed by atoms with E-state index < -0.39 is 12.7 Å². The highest BCUT2D eigenvalue weighted by molar-refractivity contribution is 5.79. The molecule has 0 unspecified atom stereocenters. The van der Waals surface area contributed by atoms with E-state index in [4.69, 9.17) is 10.9 Å². The highest BCUT2D eigenvalue weighted by Gasteiger charge is 2.28. The number of halogens is 3. The molecule has 3 N–H and O–H groups in total. The Morgan fingerprint density at radius 1 is 1.54 bits per heavy atom. The zero-order valence-corrected chi connectivity index (χ0v) is 7.17. The lowest BCUT2D eigenvalue weighted by atomic mass is 10.3. The average Bonchev–Trinajstić information content (AvgIpc) is 1.97. The first-order valence-corrected chi connectivity index (χ1v) is 3.57. The maximum absolute atomic E-state index is 11.8. The summed E-state index contributed by atoms with van der Waals surface area (Å²) in [6.07, 6.45) is -4.09. The molecule has 0 heterocycles. The standard InChI is InChI=1S/C6H12F3N3O/c1-12(4-6(7,8)9)3-2-5(10)11-13/h13H,2-4H2,1H3,(H2,10,11). The van der Waals surface area contributed by atoms with Crippen LogP contribution in [-0.4, -0.2) is 42.3 Å². The number of rotatable bonds is 4. The third kappa shape index (κ3) is 7.38. The first-order chi connectivity index (χ1) is 5.85. The monoisotopic (exact) mass is 199 g/mol. The van der Waals surface area contributed by atoms with Gasteiger partial charge in [0.2, 0.25) is 0 Å². The molecule has 0 fully saturated rings. The second-order valence-corrected chi connectivity index (χ2v) is 2.69. The molecular formula is C6H12F3N3O. The van der Waals surface area contributed by atoms with Crippen molar-refractivity contribution in [1.29, 1.82) is 0 Å². The predicted octanol–water partition coefficient (Wildman–Crippen LogP) is 0.617. The zero-order valence-electron chi connectivity index (χ0n) is 7.17. The van der Waals surface area contributed by atoms with E-state index in [9.17, 15) is 13.2 Å². The van der Waals surface area contributed by atoms with Gasteiger partial charge >= 0.3 is 6.18 Å². The molecule has 0 aromatic rings. The van der Waals surface area contributed by atoms with Gasteiger partial charge in [-0.2, -0.15) is 13.2 Å². The van der Waals surface area contributed by atoms with Crippen LogP contribution in [0.5, 0.6) is 0 Å². The summed E-state index contributed by atoms with van der Waals surface area (Å²) in [7, 11) is 1.32. The fourth-order valence-electron chi connectivity index (χ4n) is 0.741. The molecule has 0 atom stereocenters. The minimum absolute atomic E-state index is 0.0750. The first-order valence-electron chi connectivity index (χ1n) is 3.57. The summed E-state index contributed by atoms with van der Waals surface area (Å²) in [4.78, 5) is 1.05. The molecular weight excluding hydrogens is 187 g/mol. The summed E-state index contributed by atoms with van der Waals surface area (Å²) in [5.74, 6) is -0.0750. The molecule has 0 aliphatic carbocycles. The van der Waals surface area contributed by atoms with Gasteiger partial charge in [0.15, 0.2) is 0 Å². The number of hydrogen-bond donors (Lipinski definition) is 2. The van der Waals surface area contributed by atoms with Crippen molar-refractivity contribution in [1.82, 2.24) is 4.90 Å². The number of alkyl halides is 3. The quantitative estimate of drug-likeness (QED) is 0.302. The Morgan fingerprint density at radius 3 is 2.46 bits per heavy atom. The van der Waals surface area contributed by atoms with Crippen LogP contribution in [0.2, 0.25) is 0 Å². The van der Waals surface area contributed by atoms with Gasteiger partial charge in [-0.1, -0.05) is 5.16 Å². The fraction of sp³-hybridized carbons (Fsp3) is 0.833. The van der Waals surface area contributed by atoms with Crippen molar-refractivity contribution in [3.05, 3.63) is 0 Å². The number of amidine groups is 1. The van der Waals surface area contributed by atoms with E-state index in [1.807, 2.05) is 0 Å². The smallest absolute Gasteiger partial charge is 0.401 e. The summed E-state index contributed by atoms with van der Waals surface area (Å²) >= 11 is 0. The van der Waals surface area contributed by atoms with Crippen molar-refractivity contribution < 1.29 is 18.4 Å². The number of hydrogen-bond acceptors (Lipinski definition) is 3. The predicted molar refractivity (Wildman–Crippen MR) is 41.6 cm³/mol. The zero-order chi connectivity index (χ0) is 10.5.